The van der Waals surface area contributed by atoms with E-state index in [0.717, 1.165) is 0 Å². The lowest BCUT2D eigenvalue weighted by atomic mass is 10.4. The van der Waals surface area contributed by atoms with Gasteiger partial charge in [-0.05, 0) is 6.92 Å². The highest BCUT2D eigenvalue weighted by molar-refractivity contribution is 9.09. The Morgan fingerprint density at radius 1 is 1.89 bits per heavy atom. The molecular formula is C5H10BrNO2. The van der Waals surface area contributed by atoms with E-state index in [4.69, 9.17) is 5.11 Å². The van der Waals surface area contributed by atoms with Gasteiger partial charge in [0.05, 0.1) is 11.9 Å². The molecule has 0 radical (unpaired) electrons. The normalized spacial score (nSPS) is 12.8. The van der Waals surface area contributed by atoms with Crippen LogP contribution in [0.1, 0.15) is 6.92 Å². The van der Waals surface area contributed by atoms with Crippen molar-refractivity contribution >= 4 is 21.8 Å². The molecule has 0 fully saturated rings. The van der Waals surface area contributed by atoms with Gasteiger partial charge in [0.15, 0.2) is 0 Å². The Balaban J connectivity index is 3.34. The minimum atomic E-state index is -0.143. The van der Waals surface area contributed by atoms with Crippen molar-refractivity contribution in [1.82, 2.24) is 5.32 Å². The zero-order valence-corrected chi connectivity index (χ0v) is 6.81. The van der Waals surface area contributed by atoms with Gasteiger partial charge in [0.25, 0.3) is 0 Å². The van der Waals surface area contributed by atoms with E-state index < -0.39 is 0 Å². The highest BCUT2D eigenvalue weighted by atomic mass is 79.9. The van der Waals surface area contributed by atoms with Crippen molar-refractivity contribution < 1.29 is 9.90 Å². The molecule has 3 nitrogen and oxygen atoms in total. The Labute approximate surface area is 62.6 Å². The summed E-state index contributed by atoms with van der Waals surface area (Å²) >= 11 is 2.98. The number of halogens is 1. The number of carbonyl (C=O) groups is 1. The Hall–Kier alpha value is -0.0900. The van der Waals surface area contributed by atoms with Gasteiger partial charge in [-0.25, -0.2) is 0 Å². The Kier molecular flexibility index (Phi) is 4.71. The molecule has 0 saturated carbocycles. The van der Waals surface area contributed by atoms with Crippen molar-refractivity contribution in [3.05, 3.63) is 0 Å². The third kappa shape index (κ3) is 4.42. The van der Waals surface area contributed by atoms with Crippen molar-refractivity contribution in [2.24, 2.45) is 0 Å². The summed E-state index contributed by atoms with van der Waals surface area (Å²) in [6.07, 6.45) is 0. The first kappa shape index (κ1) is 8.91. The van der Waals surface area contributed by atoms with Gasteiger partial charge < -0.3 is 10.4 Å². The molecule has 1 atom stereocenters. The van der Waals surface area contributed by atoms with Crippen LogP contribution in [0.5, 0.6) is 0 Å². The summed E-state index contributed by atoms with van der Waals surface area (Å²) in [5.74, 6) is -0.100. The van der Waals surface area contributed by atoms with E-state index in [9.17, 15) is 4.79 Å². The van der Waals surface area contributed by atoms with Gasteiger partial charge in [0.1, 0.15) is 0 Å². The zero-order valence-electron chi connectivity index (χ0n) is 5.22. The molecule has 0 rings (SSSR count). The van der Waals surface area contributed by atoms with E-state index in [1.54, 1.807) is 6.92 Å². The van der Waals surface area contributed by atoms with E-state index in [-0.39, 0.29) is 23.9 Å². The number of aliphatic hydroxyl groups is 1. The molecule has 0 heterocycles. The summed E-state index contributed by atoms with van der Waals surface area (Å²) in [5.41, 5.74) is 0. The molecule has 1 amide bonds. The predicted octanol–water partition coefficient (Wildman–Crippen LogP) is -0.122. The largest absolute Gasteiger partial charge is 0.394 e. The summed E-state index contributed by atoms with van der Waals surface area (Å²) in [7, 11) is 0. The molecule has 0 aromatic heterocycles. The zero-order chi connectivity index (χ0) is 7.28. The van der Waals surface area contributed by atoms with E-state index in [1.807, 2.05) is 0 Å². The van der Waals surface area contributed by atoms with Crippen molar-refractivity contribution in [1.29, 1.82) is 0 Å². The number of nitrogens with one attached hydrogen (secondary N) is 1. The third-order valence-corrected chi connectivity index (χ3v) is 1.31. The SMILES string of the molecule is CC(CO)NC(=O)CBr. The van der Waals surface area contributed by atoms with Gasteiger partial charge in [-0.2, -0.15) is 0 Å². The average Bonchev–Trinajstić information content (AvgIpc) is 1.87. The maximum atomic E-state index is 10.5. The minimum Gasteiger partial charge on any atom is -0.394 e. The second kappa shape index (κ2) is 4.76. The quantitative estimate of drug-likeness (QED) is 0.618. The number of hydrogen-bond donors (Lipinski definition) is 2. The van der Waals surface area contributed by atoms with Crippen LogP contribution in [0.2, 0.25) is 0 Å². The molecule has 2 N–H and O–H groups in total. The number of amides is 1. The van der Waals surface area contributed by atoms with Crippen LogP contribution >= 0.6 is 15.9 Å². The second-order valence-corrected chi connectivity index (χ2v) is 2.35. The molecule has 0 aromatic rings. The van der Waals surface area contributed by atoms with Gasteiger partial charge in [0, 0.05) is 6.04 Å². The van der Waals surface area contributed by atoms with Crippen LogP contribution in [-0.2, 0) is 4.79 Å². The fourth-order valence-corrected chi connectivity index (χ4v) is 0.521. The molecule has 0 aliphatic carbocycles. The van der Waals surface area contributed by atoms with Crippen molar-refractivity contribution in [3.8, 4) is 0 Å². The highest BCUT2D eigenvalue weighted by Gasteiger charge is 2.02. The first-order chi connectivity index (χ1) is 4.20. The maximum absolute atomic E-state index is 10.5. The molecule has 0 spiro atoms. The van der Waals surface area contributed by atoms with Crippen LogP contribution in [0.4, 0.5) is 0 Å². The summed E-state index contributed by atoms with van der Waals surface area (Å²) in [4.78, 5) is 10.5. The minimum absolute atomic E-state index is 0.0151. The van der Waals surface area contributed by atoms with Crippen LogP contribution in [-0.4, -0.2) is 29.0 Å². The van der Waals surface area contributed by atoms with Crippen molar-refractivity contribution in [2.45, 2.75) is 13.0 Å². The van der Waals surface area contributed by atoms with Gasteiger partial charge in [0.2, 0.25) is 5.91 Å². The van der Waals surface area contributed by atoms with E-state index in [1.165, 1.54) is 0 Å². The van der Waals surface area contributed by atoms with Crippen LogP contribution in [0.25, 0.3) is 0 Å². The number of rotatable bonds is 3. The second-order valence-electron chi connectivity index (χ2n) is 1.78. The number of carbonyl (C=O) groups excluding carboxylic acids is 1. The third-order valence-electron chi connectivity index (χ3n) is 0.803. The predicted molar refractivity (Wildman–Crippen MR) is 38.5 cm³/mol. The summed E-state index contributed by atoms with van der Waals surface area (Å²) in [6.45, 7) is 1.72. The molecule has 54 valence electrons. The summed E-state index contributed by atoms with van der Waals surface area (Å²) in [5, 5.41) is 11.3. The van der Waals surface area contributed by atoms with Crippen molar-refractivity contribution in [3.63, 3.8) is 0 Å². The monoisotopic (exact) mass is 195 g/mol. The molecule has 0 aliphatic rings. The van der Waals surface area contributed by atoms with Crippen LogP contribution < -0.4 is 5.32 Å². The molecular weight excluding hydrogens is 186 g/mol. The Bertz CT molecular complexity index is 97.0. The van der Waals surface area contributed by atoms with Crippen LogP contribution in [0.3, 0.4) is 0 Å². The van der Waals surface area contributed by atoms with Gasteiger partial charge in [-0.3, -0.25) is 4.79 Å². The van der Waals surface area contributed by atoms with E-state index >= 15 is 0 Å². The van der Waals surface area contributed by atoms with Crippen molar-refractivity contribution in [2.75, 3.05) is 11.9 Å². The molecule has 0 bridgehead atoms. The van der Waals surface area contributed by atoms with E-state index in [0.29, 0.717) is 0 Å². The number of hydrogen-bond acceptors (Lipinski definition) is 2. The fraction of sp³-hybridized carbons (Fsp3) is 0.800. The molecule has 0 aromatic carbocycles. The lowest BCUT2D eigenvalue weighted by Gasteiger charge is -2.07. The fourth-order valence-electron chi connectivity index (χ4n) is 0.359. The topological polar surface area (TPSA) is 49.3 Å². The molecule has 0 aliphatic heterocycles. The number of aliphatic hydroxyl groups excluding tert-OH is 1. The van der Waals surface area contributed by atoms with E-state index in [2.05, 4.69) is 21.2 Å². The highest BCUT2D eigenvalue weighted by Crippen LogP contribution is 1.82. The average molecular weight is 196 g/mol. The first-order valence-electron chi connectivity index (χ1n) is 2.67. The van der Waals surface area contributed by atoms with Gasteiger partial charge >= 0.3 is 0 Å². The molecule has 9 heavy (non-hydrogen) atoms. The summed E-state index contributed by atoms with van der Waals surface area (Å²) < 4.78 is 0. The first-order valence-corrected chi connectivity index (χ1v) is 3.79. The summed E-state index contributed by atoms with van der Waals surface area (Å²) in [6, 6.07) is -0.143. The standard InChI is InChI=1S/C5H10BrNO2/c1-4(3-8)7-5(9)2-6/h4,8H,2-3H2,1H3,(H,7,9). The lowest BCUT2D eigenvalue weighted by molar-refractivity contribution is -0.119. The van der Waals surface area contributed by atoms with Gasteiger partial charge in [-0.15, -0.1) is 0 Å². The Morgan fingerprint density at radius 2 is 2.44 bits per heavy atom. The van der Waals surface area contributed by atoms with Crippen LogP contribution in [0, 0.1) is 0 Å². The Morgan fingerprint density at radius 3 is 2.78 bits per heavy atom. The molecule has 0 saturated heterocycles. The van der Waals surface area contributed by atoms with Crippen LogP contribution in [0.15, 0.2) is 0 Å². The number of alkyl halides is 1. The lowest BCUT2D eigenvalue weighted by Crippen LogP contribution is -2.35. The maximum Gasteiger partial charge on any atom is 0.230 e. The smallest absolute Gasteiger partial charge is 0.230 e. The molecule has 1 unspecified atom stereocenters. The van der Waals surface area contributed by atoms with Gasteiger partial charge in [-0.1, -0.05) is 15.9 Å². The molecule has 4 heteroatoms.